The molecule has 16 heteroatoms. The number of piperidine rings is 1. The predicted molar refractivity (Wildman–Crippen MR) is 157 cm³/mol. The van der Waals surface area contributed by atoms with Crippen LogP contribution in [-0.2, 0) is 15.7 Å². The van der Waals surface area contributed by atoms with E-state index in [1.165, 1.54) is 6.92 Å². The first-order valence-corrected chi connectivity index (χ1v) is 14.9. The van der Waals surface area contributed by atoms with Gasteiger partial charge in [-0.3, -0.25) is 4.68 Å². The van der Waals surface area contributed by atoms with Gasteiger partial charge in [0.25, 0.3) is 5.88 Å². The van der Waals surface area contributed by atoms with E-state index in [0.29, 0.717) is 28.4 Å². The minimum atomic E-state index is -5.55. The van der Waals surface area contributed by atoms with Gasteiger partial charge in [-0.05, 0) is 49.6 Å². The van der Waals surface area contributed by atoms with Gasteiger partial charge in [0.2, 0.25) is 0 Å². The summed E-state index contributed by atoms with van der Waals surface area (Å²) in [5.74, 6) is -5.88. The number of piperazine rings is 1. The maximum Gasteiger partial charge on any atom is 0.491 e. The molecule has 0 saturated carbocycles. The van der Waals surface area contributed by atoms with Crippen LogP contribution in [0.2, 0.25) is 5.02 Å². The molecule has 1 unspecified atom stereocenters. The topological polar surface area (TPSA) is 88.9 Å². The van der Waals surface area contributed by atoms with Gasteiger partial charge in [0.05, 0.1) is 12.6 Å². The molecule has 0 bridgehead atoms. The Labute approximate surface area is 265 Å². The van der Waals surface area contributed by atoms with Crippen LogP contribution in [0.1, 0.15) is 41.9 Å². The van der Waals surface area contributed by atoms with Crippen molar-refractivity contribution in [1.82, 2.24) is 15.1 Å². The fourth-order valence-electron chi connectivity index (χ4n) is 5.71. The maximum atomic E-state index is 14.5. The maximum absolute atomic E-state index is 14.5. The number of benzene rings is 2. The molecule has 2 aliphatic rings. The second kappa shape index (κ2) is 13.4. The Morgan fingerprint density at radius 1 is 1.00 bits per heavy atom. The van der Waals surface area contributed by atoms with Crippen LogP contribution in [0.5, 0.6) is 5.88 Å². The Morgan fingerprint density at radius 2 is 1.70 bits per heavy atom. The third kappa shape index (κ3) is 7.20. The predicted octanol–water partition coefficient (Wildman–Crippen LogP) is 6.12. The van der Waals surface area contributed by atoms with Crippen molar-refractivity contribution in [2.24, 2.45) is 0 Å². The number of esters is 2. The van der Waals surface area contributed by atoms with E-state index >= 15 is 0 Å². The second-order valence-corrected chi connectivity index (χ2v) is 11.2. The highest BCUT2D eigenvalue weighted by Crippen LogP contribution is 2.42. The molecule has 0 radical (unpaired) electrons. The van der Waals surface area contributed by atoms with E-state index in [1.807, 2.05) is 35.2 Å². The summed E-state index contributed by atoms with van der Waals surface area (Å²) in [5.41, 5.74) is 0.211. The molecule has 5 rings (SSSR count). The first-order valence-electron chi connectivity index (χ1n) is 14.5. The van der Waals surface area contributed by atoms with Gasteiger partial charge in [0.15, 0.2) is 11.3 Å². The van der Waals surface area contributed by atoms with E-state index in [2.05, 4.69) is 20.1 Å². The molecule has 2 aliphatic heterocycles. The number of nitrogens with one attached hydrogen (secondary N) is 1. The van der Waals surface area contributed by atoms with Crippen LogP contribution in [0, 0.1) is 0 Å². The summed E-state index contributed by atoms with van der Waals surface area (Å²) < 4.78 is 91.9. The zero-order chi connectivity index (χ0) is 33.2. The van der Waals surface area contributed by atoms with Crippen molar-refractivity contribution in [2.75, 3.05) is 55.7 Å². The zero-order valence-corrected chi connectivity index (χ0v) is 25.3. The normalized spacial score (nSPS) is 17.6. The molecule has 0 spiro atoms. The highest BCUT2D eigenvalue weighted by Gasteiger charge is 2.48. The van der Waals surface area contributed by atoms with Gasteiger partial charge < -0.3 is 24.6 Å². The van der Waals surface area contributed by atoms with Gasteiger partial charge in [-0.25, -0.2) is 9.59 Å². The average Bonchev–Trinajstić information content (AvgIpc) is 3.41. The first-order chi connectivity index (χ1) is 21.8. The van der Waals surface area contributed by atoms with Crippen molar-refractivity contribution < 1.29 is 45.4 Å². The molecule has 1 atom stereocenters. The van der Waals surface area contributed by atoms with E-state index in [-0.39, 0.29) is 19.6 Å². The number of halogens is 7. The molecule has 3 heterocycles. The smallest absolute Gasteiger partial charge is 0.462 e. The number of carbonyl (C=O) groups excluding carboxylic acids is 2. The first kappa shape index (κ1) is 33.4. The van der Waals surface area contributed by atoms with Crippen LogP contribution in [-0.4, -0.2) is 73.8 Å². The monoisotopic (exact) mass is 673 g/mol. The average molecular weight is 674 g/mol. The quantitative estimate of drug-likeness (QED) is 0.237. The third-order valence-corrected chi connectivity index (χ3v) is 7.99. The van der Waals surface area contributed by atoms with Gasteiger partial charge in [0, 0.05) is 61.2 Å². The molecule has 2 aromatic carbocycles. The highest BCUT2D eigenvalue weighted by molar-refractivity contribution is 6.31. The molecular formula is C30H30ClF6N5O4. The fraction of sp³-hybridized carbons (Fsp3) is 0.433. The van der Waals surface area contributed by atoms with Crippen LogP contribution < -0.4 is 19.9 Å². The second-order valence-electron chi connectivity index (χ2n) is 10.8. The number of alkyl halides is 6. The lowest BCUT2D eigenvalue weighted by Gasteiger charge is -2.36. The number of ether oxygens (including phenoxy) is 2. The summed E-state index contributed by atoms with van der Waals surface area (Å²) in [6, 6.07) is 12.0. The van der Waals surface area contributed by atoms with Crippen molar-refractivity contribution in [3.8, 4) is 17.0 Å². The van der Waals surface area contributed by atoms with Crippen molar-refractivity contribution in [3.63, 3.8) is 0 Å². The van der Waals surface area contributed by atoms with E-state index in [9.17, 15) is 35.9 Å². The van der Waals surface area contributed by atoms with Crippen LogP contribution in [0.3, 0.4) is 0 Å². The molecule has 9 nitrogen and oxygen atoms in total. The number of hydrogen-bond donors (Lipinski definition) is 1. The summed E-state index contributed by atoms with van der Waals surface area (Å²) in [6.07, 6.45) is -10.3. The molecule has 1 N–H and O–H groups in total. The number of carbonyl (C=O) groups is 2. The minimum absolute atomic E-state index is 0.0775. The van der Waals surface area contributed by atoms with E-state index < -0.39 is 47.5 Å². The number of aromatic nitrogens is 2. The Balaban J connectivity index is 1.51. The summed E-state index contributed by atoms with van der Waals surface area (Å²) in [6.45, 7) is 4.73. The fourth-order valence-corrected chi connectivity index (χ4v) is 5.88. The largest absolute Gasteiger partial charge is 0.491 e. The van der Waals surface area contributed by atoms with Crippen LogP contribution >= 0.6 is 11.6 Å². The van der Waals surface area contributed by atoms with Gasteiger partial charge in [-0.2, -0.15) is 26.3 Å². The Kier molecular flexibility index (Phi) is 9.73. The minimum Gasteiger partial charge on any atom is -0.462 e. The van der Waals surface area contributed by atoms with Gasteiger partial charge in [0.1, 0.15) is 0 Å². The summed E-state index contributed by atoms with van der Waals surface area (Å²) in [7, 11) is 0. The molecular weight excluding hydrogens is 644 g/mol. The Hall–Kier alpha value is -3.98. The van der Waals surface area contributed by atoms with Crippen LogP contribution in [0.25, 0.3) is 11.1 Å². The number of rotatable bonds is 7. The summed E-state index contributed by atoms with van der Waals surface area (Å²) in [5, 5.41) is 7.33. The third-order valence-electron chi connectivity index (χ3n) is 7.75. The zero-order valence-electron chi connectivity index (χ0n) is 24.6. The van der Waals surface area contributed by atoms with Gasteiger partial charge in [-0.15, -0.1) is 5.10 Å². The van der Waals surface area contributed by atoms with Crippen LogP contribution in [0.4, 0.5) is 37.7 Å². The number of hydrogen-bond acceptors (Lipinski definition) is 8. The summed E-state index contributed by atoms with van der Waals surface area (Å²) >= 11 is 6.37. The lowest BCUT2D eigenvalue weighted by Crippen LogP contribution is -2.43. The van der Waals surface area contributed by atoms with Crippen molar-refractivity contribution in [1.29, 1.82) is 0 Å². The molecule has 2 fully saturated rings. The van der Waals surface area contributed by atoms with E-state index in [1.54, 1.807) is 12.1 Å². The van der Waals surface area contributed by atoms with Crippen molar-refractivity contribution >= 4 is 34.9 Å². The molecule has 0 aliphatic carbocycles. The number of nitrogens with zero attached hydrogens (tertiary/aromatic N) is 4. The van der Waals surface area contributed by atoms with Crippen LogP contribution in [0.15, 0.2) is 42.5 Å². The van der Waals surface area contributed by atoms with Gasteiger partial charge >= 0.3 is 24.3 Å². The summed E-state index contributed by atoms with van der Waals surface area (Å²) in [4.78, 5) is 28.3. The molecule has 248 valence electrons. The SMILES string of the molecule is CCOC(=O)c1c(OC(=O)C(F)(F)F)nn(C2CCCN(c3cc(Cl)ccc3-c3ccc(N4CCNCC4)cc3)C2)c1C(F)(F)F. The molecule has 1 aromatic heterocycles. The molecule has 46 heavy (non-hydrogen) atoms. The van der Waals surface area contributed by atoms with E-state index in [0.717, 1.165) is 43.0 Å². The molecule has 2 saturated heterocycles. The standard InChI is InChI=1S/C30H30ClF6N5O4/c1-2-45-27(43)24-25(29(32,33)34)42(39-26(24)46-28(44)30(35,36)37)21-4-3-13-41(17-21)23-16-19(31)7-10-22(23)18-5-8-20(9-6-18)40-14-11-38-12-15-40/h5-10,16,21,38H,2-4,11-15,17H2,1H3. The van der Waals surface area contributed by atoms with Crippen molar-refractivity contribution in [2.45, 2.75) is 38.2 Å². The Bertz CT molecular complexity index is 1570. The van der Waals surface area contributed by atoms with Gasteiger partial charge in [-0.1, -0.05) is 29.8 Å². The van der Waals surface area contributed by atoms with Crippen molar-refractivity contribution in [3.05, 3.63) is 58.7 Å². The Morgan fingerprint density at radius 3 is 2.33 bits per heavy atom. The van der Waals surface area contributed by atoms with E-state index in [4.69, 9.17) is 16.3 Å². The number of anilines is 2. The lowest BCUT2D eigenvalue weighted by atomic mass is 9.99. The highest BCUT2D eigenvalue weighted by atomic mass is 35.5. The lowest BCUT2D eigenvalue weighted by molar-refractivity contribution is -0.190. The molecule has 0 amide bonds. The molecule has 3 aromatic rings.